The van der Waals surface area contributed by atoms with Gasteiger partial charge in [0.2, 0.25) is 5.89 Å². The summed E-state index contributed by atoms with van der Waals surface area (Å²) in [6.45, 7) is 0. The van der Waals surface area contributed by atoms with E-state index in [2.05, 4.69) is 20.4 Å². The molecule has 3 aromatic heterocycles. The molecule has 18 heavy (non-hydrogen) atoms. The number of hydrogen-bond acceptors (Lipinski definition) is 7. The highest BCUT2D eigenvalue weighted by Gasteiger charge is 2.12. The molecule has 3 heterocycles. The summed E-state index contributed by atoms with van der Waals surface area (Å²) in [7, 11) is 1.88. The van der Waals surface area contributed by atoms with Gasteiger partial charge in [0, 0.05) is 7.05 Å². The zero-order valence-corrected chi connectivity index (χ0v) is 10.3. The van der Waals surface area contributed by atoms with Crippen molar-refractivity contribution in [2.45, 2.75) is 10.9 Å². The molecule has 0 atom stereocenters. The number of nitrogens with zero attached hydrogens (tertiary/aromatic N) is 5. The van der Waals surface area contributed by atoms with Crippen molar-refractivity contribution in [1.82, 2.24) is 25.0 Å². The van der Waals surface area contributed by atoms with Crippen LogP contribution in [-0.4, -0.2) is 25.0 Å². The summed E-state index contributed by atoms with van der Waals surface area (Å²) in [5.74, 6) is 2.01. The molecule has 0 fully saturated rings. The lowest BCUT2D eigenvalue weighted by Crippen LogP contribution is -1.89. The van der Waals surface area contributed by atoms with Gasteiger partial charge in [0.25, 0.3) is 5.89 Å². The Balaban J connectivity index is 1.69. The third-order valence-corrected chi connectivity index (χ3v) is 3.21. The molecule has 0 N–H and O–H groups in total. The minimum atomic E-state index is 0.383. The Bertz CT molecular complexity index is 630. The first kappa shape index (κ1) is 11.0. The molecular formula is C10H9N5O2S. The van der Waals surface area contributed by atoms with Crippen LogP contribution >= 0.6 is 11.8 Å². The summed E-state index contributed by atoms with van der Waals surface area (Å²) in [6, 6.07) is 3.54. The van der Waals surface area contributed by atoms with Crippen LogP contribution in [0.4, 0.5) is 0 Å². The largest absolute Gasteiger partial charge is 0.459 e. The van der Waals surface area contributed by atoms with Gasteiger partial charge in [-0.15, -0.1) is 20.4 Å². The Labute approximate surface area is 106 Å². The number of aromatic nitrogens is 5. The van der Waals surface area contributed by atoms with E-state index in [-0.39, 0.29) is 0 Å². The molecule has 0 aliphatic carbocycles. The fourth-order valence-corrected chi connectivity index (χ4v) is 2.07. The maximum absolute atomic E-state index is 5.47. The van der Waals surface area contributed by atoms with E-state index >= 15 is 0 Å². The third-order valence-electron chi connectivity index (χ3n) is 2.19. The van der Waals surface area contributed by atoms with E-state index in [4.69, 9.17) is 8.83 Å². The van der Waals surface area contributed by atoms with E-state index in [1.54, 1.807) is 24.7 Å². The Kier molecular flexibility index (Phi) is 2.85. The van der Waals surface area contributed by atoms with Crippen molar-refractivity contribution in [3.63, 3.8) is 0 Å². The second kappa shape index (κ2) is 4.65. The molecule has 0 unspecified atom stereocenters. The first-order valence-corrected chi connectivity index (χ1v) is 6.14. The lowest BCUT2D eigenvalue weighted by atomic mass is 10.5. The molecule has 3 rings (SSSR count). The van der Waals surface area contributed by atoms with Gasteiger partial charge in [-0.3, -0.25) is 0 Å². The van der Waals surface area contributed by atoms with Crippen molar-refractivity contribution in [1.29, 1.82) is 0 Å². The quantitative estimate of drug-likeness (QED) is 0.663. The molecule has 0 bridgehead atoms. The molecule has 8 heteroatoms. The van der Waals surface area contributed by atoms with Crippen LogP contribution in [0.5, 0.6) is 0 Å². The number of aryl methyl sites for hydroxylation is 1. The van der Waals surface area contributed by atoms with E-state index in [0.29, 0.717) is 23.3 Å². The van der Waals surface area contributed by atoms with Crippen molar-refractivity contribution >= 4 is 11.8 Å². The second-order valence-electron chi connectivity index (χ2n) is 3.49. The molecule has 0 saturated carbocycles. The van der Waals surface area contributed by atoms with Crippen molar-refractivity contribution in [3.05, 3.63) is 30.6 Å². The van der Waals surface area contributed by atoms with Crippen LogP contribution in [0.15, 0.2) is 38.7 Å². The summed E-state index contributed by atoms with van der Waals surface area (Å²) in [5, 5.41) is 16.4. The summed E-state index contributed by atoms with van der Waals surface area (Å²) >= 11 is 1.48. The Morgan fingerprint density at radius 3 is 3.00 bits per heavy atom. The van der Waals surface area contributed by atoms with Crippen LogP contribution in [0.1, 0.15) is 5.89 Å². The Hall–Kier alpha value is -2.09. The van der Waals surface area contributed by atoms with Crippen LogP contribution in [0.3, 0.4) is 0 Å². The minimum Gasteiger partial charge on any atom is -0.459 e. The highest BCUT2D eigenvalue weighted by atomic mass is 32.2. The van der Waals surface area contributed by atoms with E-state index in [0.717, 1.165) is 5.16 Å². The van der Waals surface area contributed by atoms with E-state index < -0.39 is 0 Å². The lowest BCUT2D eigenvalue weighted by Gasteiger charge is -1.95. The first-order valence-electron chi connectivity index (χ1n) is 5.16. The van der Waals surface area contributed by atoms with Crippen molar-refractivity contribution in [2.75, 3.05) is 0 Å². The maximum atomic E-state index is 5.47. The smallest absolute Gasteiger partial charge is 0.283 e. The van der Waals surface area contributed by atoms with Crippen LogP contribution in [-0.2, 0) is 12.8 Å². The number of furan rings is 1. The van der Waals surface area contributed by atoms with Gasteiger partial charge >= 0.3 is 0 Å². The Morgan fingerprint density at radius 2 is 2.28 bits per heavy atom. The van der Waals surface area contributed by atoms with E-state index in [1.165, 1.54) is 11.8 Å². The van der Waals surface area contributed by atoms with Crippen LogP contribution in [0, 0.1) is 0 Å². The first-order chi connectivity index (χ1) is 8.83. The molecule has 0 aromatic carbocycles. The third kappa shape index (κ3) is 2.14. The van der Waals surface area contributed by atoms with Gasteiger partial charge in [0.05, 0.1) is 12.0 Å². The average Bonchev–Trinajstić information content (AvgIpc) is 3.08. The summed E-state index contributed by atoms with van der Waals surface area (Å²) in [5.41, 5.74) is 0. The summed E-state index contributed by atoms with van der Waals surface area (Å²) in [6.07, 6.45) is 3.21. The molecule has 0 amide bonds. The van der Waals surface area contributed by atoms with Gasteiger partial charge in [-0.1, -0.05) is 11.8 Å². The van der Waals surface area contributed by atoms with Gasteiger partial charge in [-0.25, -0.2) is 0 Å². The highest BCUT2D eigenvalue weighted by Crippen LogP contribution is 2.22. The van der Waals surface area contributed by atoms with Crippen LogP contribution < -0.4 is 0 Å². The monoisotopic (exact) mass is 263 g/mol. The highest BCUT2D eigenvalue weighted by molar-refractivity contribution is 7.98. The van der Waals surface area contributed by atoms with E-state index in [9.17, 15) is 0 Å². The predicted molar refractivity (Wildman–Crippen MR) is 62.6 cm³/mol. The average molecular weight is 263 g/mol. The molecule has 92 valence electrons. The Morgan fingerprint density at radius 1 is 1.33 bits per heavy atom. The van der Waals surface area contributed by atoms with Gasteiger partial charge in [0.1, 0.15) is 6.33 Å². The van der Waals surface area contributed by atoms with E-state index in [1.807, 2.05) is 11.6 Å². The normalized spacial score (nSPS) is 10.9. The minimum absolute atomic E-state index is 0.383. The summed E-state index contributed by atoms with van der Waals surface area (Å²) < 4.78 is 12.5. The standard InChI is InChI=1S/C10H9N5O2S/c1-15-6-11-14-10(15)18-5-8-12-13-9(17-8)7-3-2-4-16-7/h2-4,6H,5H2,1H3. The molecular weight excluding hydrogens is 254 g/mol. The number of rotatable bonds is 4. The fourth-order valence-electron chi connectivity index (χ4n) is 1.34. The van der Waals surface area contributed by atoms with Crippen LogP contribution in [0.25, 0.3) is 11.7 Å². The molecule has 0 spiro atoms. The van der Waals surface area contributed by atoms with Crippen LogP contribution in [0.2, 0.25) is 0 Å². The van der Waals surface area contributed by atoms with Crippen molar-refractivity contribution in [3.8, 4) is 11.7 Å². The van der Waals surface area contributed by atoms with Crippen molar-refractivity contribution in [2.24, 2.45) is 7.05 Å². The lowest BCUT2D eigenvalue weighted by molar-refractivity contribution is 0.494. The van der Waals surface area contributed by atoms with Gasteiger partial charge in [0.15, 0.2) is 10.9 Å². The summed E-state index contributed by atoms with van der Waals surface area (Å²) in [4.78, 5) is 0. The van der Waals surface area contributed by atoms with Gasteiger partial charge in [-0.2, -0.15) is 0 Å². The molecule has 7 nitrogen and oxygen atoms in total. The van der Waals surface area contributed by atoms with Crippen molar-refractivity contribution < 1.29 is 8.83 Å². The molecule has 0 saturated heterocycles. The fraction of sp³-hybridized carbons (Fsp3) is 0.200. The molecule has 0 aliphatic heterocycles. The topological polar surface area (TPSA) is 82.8 Å². The van der Waals surface area contributed by atoms with Gasteiger partial charge < -0.3 is 13.4 Å². The molecule has 0 radical (unpaired) electrons. The SMILES string of the molecule is Cn1cnnc1SCc1nnc(-c2ccco2)o1. The zero-order chi connectivity index (χ0) is 12.4. The molecule has 0 aliphatic rings. The number of thioether (sulfide) groups is 1. The predicted octanol–water partition coefficient (Wildman–Crippen LogP) is 1.75. The number of hydrogen-bond donors (Lipinski definition) is 0. The van der Waals surface area contributed by atoms with Gasteiger partial charge in [-0.05, 0) is 12.1 Å². The molecule has 3 aromatic rings. The maximum Gasteiger partial charge on any atom is 0.283 e. The second-order valence-corrected chi connectivity index (χ2v) is 4.43. The zero-order valence-electron chi connectivity index (χ0n) is 9.48.